The van der Waals surface area contributed by atoms with Crippen molar-refractivity contribution in [2.24, 2.45) is 5.92 Å². The third-order valence-corrected chi connectivity index (χ3v) is 5.84. The summed E-state index contributed by atoms with van der Waals surface area (Å²) in [6.45, 7) is 3.59. The Hall–Kier alpha value is -3.27. The predicted octanol–water partition coefficient (Wildman–Crippen LogP) is 3.79. The minimum Gasteiger partial charge on any atom is -0.481 e. The molecule has 0 spiro atoms. The number of ether oxygens (including phenoxy) is 5. The Morgan fingerprint density at radius 3 is 2.55 bits per heavy atom. The van der Waals surface area contributed by atoms with Crippen LogP contribution in [0.1, 0.15) is 35.9 Å². The third kappa shape index (κ3) is 4.61. The molecule has 10 heteroatoms. The molecule has 2 aromatic carbocycles. The molecule has 2 aliphatic heterocycles. The smallest absolute Gasteiger partial charge is 0.408 e. The first-order valence-electron chi connectivity index (χ1n) is 10.2. The fraction of sp³-hybridized carbons (Fsp3) is 0.348. The normalized spacial score (nSPS) is 19.4. The monoisotopic (exact) mass is 519 g/mol. The molecule has 0 bridgehead atoms. The number of methoxy groups -OCH3 is 1. The Morgan fingerprint density at radius 2 is 1.82 bits per heavy atom. The number of alkyl carbamates (subject to hydrolysis) is 1. The van der Waals surface area contributed by atoms with Crippen LogP contribution in [-0.2, 0) is 14.3 Å². The molecule has 2 aromatic rings. The lowest BCUT2D eigenvalue weighted by Crippen LogP contribution is -2.48. The molecular weight excluding hydrogens is 498 g/mol. The number of Topliss-reactive ketones (excluding diaryl/α,β-unsaturated/α-hetero) is 1. The molecule has 0 unspecified atom stereocenters. The summed E-state index contributed by atoms with van der Waals surface area (Å²) in [6.07, 6.45) is -3.19. The molecule has 0 aromatic heterocycles. The van der Waals surface area contributed by atoms with Crippen LogP contribution in [0.3, 0.4) is 0 Å². The van der Waals surface area contributed by atoms with Crippen molar-refractivity contribution in [2.45, 2.75) is 32.1 Å². The summed E-state index contributed by atoms with van der Waals surface area (Å²) in [4.78, 5) is 38.1. The highest BCUT2D eigenvalue weighted by Crippen LogP contribution is 2.41. The van der Waals surface area contributed by atoms with E-state index in [1.165, 1.54) is 7.11 Å². The molecule has 0 radical (unpaired) electrons. The van der Waals surface area contributed by atoms with Gasteiger partial charge in [0.15, 0.2) is 17.6 Å². The zero-order valence-electron chi connectivity index (χ0n) is 18.1. The predicted molar refractivity (Wildman–Crippen MR) is 118 cm³/mol. The highest BCUT2D eigenvalue weighted by Gasteiger charge is 2.42. The van der Waals surface area contributed by atoms with Gasteiger partial charge in [0, 0.05) is 10.0 Å². The summed E-state index contributed by atoms with van der Waals surface area (Å²) in [5.41, 5.74) is 0.833. The van der Waals surface area contributed by atoms with E-state index in [-0.39, 0.29) is 18.3 Å². The van der Waals surface area contributed by atoms with Crippen LogP contribution in [0.15, 0.2) is 40.9 Å². The summed E-state index contributed by atoms with van der Waals surface area (Å²) < 4.78 is 27.8. The standard InChI is InChI=1S/C23H22BrNO8/c1-11(2)18(22(27)29-3)25-23(28)33-21-19(26)14-9-13(24)5-7-15(14)32-20(21)12-4-6-16-17(8-12)31-10-30-16/h4-9,11,18,20-21H,10H2,1-3H3,(H,25,28)/t18-,20-,21+/m0/s1. The van der Waals surface area contributed by atoms with Crippen LogP contribution in [0, 0.1) is 5.92 Å². The minimum atomic E-state index is -1.31. The maximum atomic E-state index is 13.4. The van der Waals surface area contributed by atoms with E-state index in [0.29, 0.717) is 27.3 Å². The number of ketones is 1. The first-order valence-corrected chi connectivity index (χ1v) is 11.0. The van der Waals surface area contributed by atoms with Crippen molar-refractivity contribution in [2.75, 3.05) is 13.9 Å². The number of nitrogens with one attached hydrogen (secondary N) is 1. The Labute approximate surface area is 198 Å². The molecule has 33 heavy (non-hydrogen) atoms. The van der Waals surface area contributed by atoms with Gasteiger partial charge in [0.2, 0.25) is 18.7 Å². The van der Waals surface area contributed by atoms with Crippen LogP contribution in [0.4, 0.5) is 4.79 Å². The summed E-state index contributed by atoms with van der Waals surface area (Å²) in [5.74, 6) is 0.117. The number of fused-ring (bicyclic) bond motifs is 2. The Balaban J connectivity index is 1.65. The molecule has 1 N–H and O–H groups in total. The molecule has 9 nitrogen and oxygen atoms in total. The fourth-order valence-electron chi connectivity index (χ4n) is 3.64. The topological polar surface area (TPSA) is 109 Å². The van der Waals surface area contributed by atoms with Crippen LogP contribution >= 0.6 is 15.9 Å². The quantitative estimate of drug-likeness (QED) is 0.594. The molecule has 1 amide bonds. The number of carbonyl (C=O) groups is 3. The number of benzene rings is 2. The second-order valence-electron chi connectivity index (χ2n) is 7.87. The maximum absolute atomic E-state index is 13.4. The summed E-state index contributed by atoms with van der Waals surface area (Å²) in [7, 11) is 1.23. The van der Waals surface area contributed by atoms with Crippen molar-refractivity contribution in [3.05, 3.63) is 52.0 Å². The summed E-state index contributed by atoms with van der Waals surface area (Å²) >= 11 is 3.35. The van der Waals surface area contributed by atoms with Crippen LogP contribution < -0.4 is 19.5 Å². The van der Waals surface area contributed by atoms with Crippen LogP contribution in [0.5, 0.6) is 17.2 Å². The lowest BCUT2D eigenvalue weighted by Gasteiger charge is -2.33. The van der Waals surface area contributed by atoms with E-state index in [0.717, 1.165) is 0 Å². The highest BCUT2D eigenvalue weighted by molar-refractivity contribution is 9.10. The van der Waals surface area contributed by atoms with Gasteiger partial charge in [0.25, 0.3) is 0 Å². The molecule has 0 fully saturated rings. The molecule has 3 atom stereocenters. The van der Waals surface area contributed by atoms with Gasteiger partial charge in [0.05, 0.1) is 12.7 Å². The average molecular weight is 520 g/mol. The molecular formula is C23H22BrNO8. The van der Waals surface area contributed by atoms with E-state index < -0.39 is 36.1 Å². The molecule has 4 rings (SSSR count). The number of amides is 1. The number of esters is 1. The van der Waals surface area contributed by atoms with Gasteiger partial charge in [-0.25, -0.2) is 9.59 Å². The second kappa shape index (κ2) is 9.30. The van der Waals surface area contributed by atoms with Crippen LogP contribution in [0.2, 0.25) is 0 Å². The van der Waals surface area contributed by atoms with Crippen molar-refractivity contribution in [3.8, 4) is 17.2 Å². The van der Waals surface area contributed by atoms with Crippen molar-refractivity contribution in [1.82, 2.24) is 5.32 Å². The number of rotatable bonds is 5. The van der Waals surface area contributed by atoms with E-state index in [1.807, 2.05) is 0 Å². The largest absolute Gasteiger partial charge is 0.481 e. The summed E-state index contributed by atoms with van der Waals surface area (Å²) in [6, 6.07) is 9.19. The molecule has 0 aliphatic carbocycles. The van der Waals surface area contributed by atoms with Gasteiger partial charge in [-0.2, -0.15) is 0 Å². The summed E-state index contributed by atoms with van der Waals surface area (Å²) in [5, 5.41) is 2.49. The third-order valence-electron chi connectivity index (χ3n) is 5.35. The molecule has 174 valence electrons. The molecule has 0 saturated carbocycles. The van der Waals surface area contributed by atoms with Crippen molar-refractivity contribution < 1.29 is 38.1 Å². The maximum Gasteiger partial charge on any atom is 0.408 e. The second-order valence-corrected chi connectivity index (χ2v) is 8.79. The van der Waals surface area contributed by atoms with Gasteiger partial charge in [0.1, 0.15) is 11.8 Å². The first-order chi connectivity index (χ1) is 15.8. The van der Waals surface area contributed by atoms with Crippen molar-refractivity contribution in [3.63, 3.8) is 0 Å². The average Bonchev–Trinajstić information content (AvgIpc) is 3.26. The highest BCUT2D eigenvalue weighted by atomic mass is 79.9. The molecule has 0 saturated heterocycles. The van der Waals surface area contributed by atoms with E-state index in [4.69, 9.17) is 23.7 Å². The molecule has 2 aliphatic rings. The van der Waals surface area contributed by atoms with Crippen LogP contribution in [-0.4, -0.2) is 43.9 Å². The Bertz CT molecular complexity index is 1100. The van der Waals surface area contributed by atoms with Gasteiger partial charge in [-0.05, 0) is 36.2 Å². The number of hydrogen-bond donors (Lipinski definition) is 1. The van der Waals surface area contributed by atoms with E-state index in [9.17, 15) is 14.4 Å². The number of carbonyl (C=O) groups excluding carboxylic acids is 3. The SMILES string of the molecule is COC(=O)[C@@H](NC(=O)O[C@@H]1C(=O)c2cc(Br)ccc2O[C@H]1c1ccc2c(c1)OCO2)C(C)C. The van der Waals surface area contributed by atoms with Gasteiger partial charge in [-0.3, -0.25) is 4.79 Å². The Kier molecular flexibility index (Phi) is 6.46. The van der Waals surface area contributed by atoms with Crippen LogP contribution in [0.25, 0.3) is 0 Å². The van der Waals surface area contributed by atoms with Gasteiger partial charge < -0.3 is 29.0 Å². The number of hydrogen-bond acceptors (Lipinski definition) is 8. The zero-order chi connectivity index (χ0) is 23.7. The van der Waals surface area contributed by atoms with E-state index >= 15 is 0 Å². The van der Waals surface area contributed by atoms with Gasteiger partial charge >= 0.3 is 12.1 Å². The van der Waals surface area contributed by atoms with Gasteiger partial charge in [-0.15, -0.1) is 0 Å². The van der Waals surface area contributed by atoms with Crippen molar-refractivity contribution in [1.29, 1.82) is 0 Å². The first kappa shape index (κ1) is 22.9. The van der Waals surface area contributed by atoms with E-state index in [1.54, 1.807) is 50.2 Å². The lowest BCUT2D eigenvalue weighted by molar-refractivity contribution is -0.144. The minimum absolute atomic E-state index is 0.0898. The molecule has 2 heterocycles. The zero-order valence-corrected chi connectivity index (χ0v) is 19.7. The van der Waals surface area contributed by atoms with E-state index in [2.05, 4.69) is 21.2 Å². The lowest BCUT2D eigenvalue weighted by atomic mass is 9.93. The van der Waals surface area contributed by atoms with Gasteiger partial charge in [-0.1, -0.05) is 35.8 Å². The van der Waals surface area contributed by atoms with Crippen molar-refractivity contribution >= 4 is 33.8 Å². The fourth-order valence-corrected chi connectivity index (χ4v) is 4.00. The number of halogens is 1. The Morgan fingerprint density at radius 1 is 1.09 bits per heavy atom.